The molecule has 124 valence electrons. The van der Waals surface area contributed by atoms with Crippen molar-refractivity contribution in [2.45, 2.75) is 19.8 Å². The van der Waals surface area contributed by atoms with E-state index in [0.717, 1.165) is 23.4 Å². The van der Waals surface area contributed by atoms with Gasteiger partial charge in [-0.1, -0.05) is 13.3 Å². The van der Waals surface area contributed by atoms with Crippen molar-refractivity contribution in [3.8, 4) is 10.6 Å². The minimum Gasteiger partial charge on any atom is -0.328 e. The smallest absolute Gasteiger partial charge is 0.276 e. The van der Waals surface area contributed by atoms with E-state index in [9.17, 15) is 9.18 Å². The van der Waals surface area contributed by atoms with Crippen molar-refractivity contribution in [2.24, 2.45) is 0 Å². The molecule has 1 aromatic heterocycles. The molecular formula is C17H16FN3OS2. The van der Waals surface area contributed by atoms with Crippen molar-refractivity contribution in [1.82, 2.24) is 15.2 Å². The number of nitrogens with one attached hydrogen (secondary N) is 1. The number of aromatic nitrogens is 1. The van der Waals surface area contributed by atoms with Gasteiger partial charge in [-0.3, -0.25) is 9.69 Å². The molecule has 4 nitrogen and oxygen atoms in total. The van der Waals surface area contributed by atoms with Crippen LogP contribution in [0.1, 0.15) is 25.5 Å². The third-order valence-electron chi connectivity index (χ3n) is 3.60. The summed E-state index contributed by atoms with van der Waals surface area (Å²) in [6, 6.07) is 6.18. The first-order valence-electron chi connectivity index (χ1n) is 7.64. The van der Waals surface area contributed by atoms with Gasteiger partial charge in [0.2, 0.25) is 0 Å². The number of carbonyl (C=O) groups is 1. The molecule has 0 atom stereocenters. The molecule has 1 aromatic carbocycles. The molecule has 0 spiro atoms. The first kappa shape index (κ1) is 16.7. The molecule has 1 amide bonds. The van der Waals surface area contributed by atoms with E-state index in [0.29, 0.717) is 23.0 Å². The van der Waals surface area contributed by atoms with Crippen molar-refractivity contribution in [2.75, 3.05) is 6.54 Å². The predicted molar refractivity (Wildman–Crippen MR) is 97.8 cm³/mol. The highest BCUT2D eigenvalue weighted by atomic mass is 32.1. The van der Waals surface area contributed by atoms with E-state index in [1.165, 1.54) is 23.5 Å². The average molecular weight is 361 g/mol. The summed E-state index contributed by atoms with van der Waals surface area (Å²) in [7, 11) is 0. The lowest BCUT2D eigenvalue weighted by atomic mass is 10.2. The quantitative estimate of drug-likeness (QED) is 0.650. The number of unbranched alkanes of at least 4 members (excludes halogenated alkanes) is 1. The molecule has 1 fully saturated rings. The van der Waals surface area contributed by atoms with Crippen LogP contribution in [0.2, 0.25) is 0 Å². The van der Waals surface area contributed by atoms with Crippen LogP contribution < -0.4 is 5.32 Å². The van der Waals surface area contributed by atoms with Crippen molar-refractivity contribution >= 4 is 40.7 Å². The zero-order valence-electron chi connectivity index (χ0n) is 13.1. The van der Waals surface area contributed by atoms with Crippen LogP contribution in [0.3, 0.4) is 0 Å². The first-order valence-corrected chi connectivity index (χ1v) is 8.93. The van der Waals surface area contributed by atoms with Gasteiger partial charge < -0.3 is 5.32 Å². The van der Waals surface area contributed by atoms with E-state index < -0.39 is 0 Å². The zero-order chi connectivity index (χ0) is 17.1. The fourth-order valence-corrected chi connectivity index (χ4v) is 3.38. The first-order chi connectivity index (χ1) is 11.6. The number of amides is 1. The molecule has 1 aliphatic heterocycles. The molecule has 3 rings (SSSR count). The Morgan fingerprint density at radius 3 is 2.83 bits per heavy atom. The predicted octanol–water partition coefficient (Wildman–Crippen LogP) is 3.81. The lowest BCUT2D eigenvalue weighted by Gasteiger charge is -2.12. The van der Waals surface area contributed by atoms with Gasteiger partial charge in [0, 0.05) is 17.5 Å². The van der Waals surface area contributed by atoms with Crippen molar-refractivity contribution in [3.05, 3.63) is 46.9 Å². The number of hydrogen-bond acceptors (Lipinski definition) is 4. The Bertz CT molecular complexity index is 798. The second-order valence-corrected chi connectivity index (χ2v) is 6.63. The SMILES string of the molecule is CCCCN1C(=O)C(=Cc2csc(-c3ccc(F)cc3)n2)NC1=S. The van der Waals surface area contributed by atoms with Crippen LogP contribution in [0, 0.1) is 5.82 Å². The number of thiazole rings is 1. The Balaban J connectivity index is 1.78. The second-order valence-electron chi connectivity index (χ2n) is 5.38. The Morgan fingerprint density at radius 1 is 1.38 bits per heavy atom. The monoisotopic (exact) mass is 361 g/mol. The second kappa shape index (κ2) is 7.19. The van der Waals surface area contributed by atoms with Crippen molar-refractivity contribution in [1.29, 1.82) is 0 Å². The Labute approximate surface area is 149 Å². The van der Waals surface area contributed by atoms with Gasteiger partial charge in [0.1, 0.15) is 16.5 Å². The van der Waals surface area contributed by atoms with E-state index in [-0.39, 0.29) is 11.7 Å². The topological polar surface area (TPSA) is 45.2 Å². The van der Waals surface area contributed by atoms with Gasteiger partial charge in [-0.25, -0.2) is 9.37 Å². The Morgan fingerprint density at radius 2 is 2.12 bits per heavy atom. The van der Waals surface area contributed by atoms with Crippen LogP contribution in [-0.4, -0.2) is 27.4 Å². The molecule has 0 radical (unpaired) electrons. The molecule has 1 aliphatic rings. The summed E-state index contributed by atoms with van der Waals surface area (Å²) in [6.07, 6.45) is 3.61. The van der Waals surface area contributed by atoms with Gasteiger partial charge in [-0.15, -0.1) is 11.3 Å². The van der Waals surface area contributed by atoms with Gasteiger partial charge in [0.25, 0.3) is 5.91 Å². The summed E-state index contributed by atoms with van der Waals surface area (Å²) < 4.78 is 13.0. The van der Waals surface area contributed by atoms with E-state index >= 15 is 0 Å². The van der Waals surface area contributed by atoms with Gasteiger partial charge in [-0.2, -0.15) is 0 Å². The molecule has 1 N–H and O–H groups in total. The van der Waals surface area contributed by atoms with E-state index in [1.54, 1.807) is 23.1 Å². The van der Waals surface area contributed by atoms with E-state index in [2.05, 4.69) is 17.2 Å². The number of halogens is 1. The fraction of sp³-hybridized carbons (Fsp3) is 0.235. The van der Waals surface area contributed by atoms with Gasteiger partial charge in [0.15, 0.2) is 5.11 Å². The number of hydrogen-bond donors (Lipinski definition) is 1. The van der Waals surface area contributed by atoms with Gasteiger partial charge in [-0.05, 0) is 49.0 Å². The van der Waals surface area contributed by atoms with Crippen LogP contribution in [0.15, 0.2) is 35.3 Å². The minimum atomic E-state index is -0.279. The lowest BCUT2D eigenvalue weighted by Crippen LogP contribution is -2.31. The van der Waals surface area contributed by atoms with Crippen LogP contribution in [0.4, 0.5) is 4.39 Å². The van der Waals surface area contributed by atoms with Crippen LogP contribution in [0.5, 0.6) is 0 Å². The summed E-state index contributed by atoms with van der Waals surface area (Å²) in [5, 5.41) is 6.03. The maximum atomic E-state index is 13.0. The average Bonchev–Trinajstić information content (AvgIpc) is 3.13. The van der Waals surface area contributed by atoms with Gasteiger partial charge in [0.05, 0.1) is 5.69 Å². The number of rotatable bonds is 5. The summed E-state index contributed by atoms with van der Waals surface area (Å²) in [6.45, 7) is 2.69. The molecule has 1 saturated heterocycles. The van der Waals surface area contributed by atoms with Crippen LogP contribution >= 0.6 is 23.6 Å². The maximum absolute atomic E-state index is 13.0. The maximum Gasteiger partial charge on any atom is 0.276 e. The molecule has 2 heterocycles. The standard InChI is InChI=1S/C17H16FN3OS2/c1-2-3-8-21-16(22)14(20-17(21)23)9-13-10-24-15(19-13)11-4-6-12(18)7-5-11/h4-7,9-10H,2-3,8H2,1H3,(H,20,23). The number of nitrogens with zero attached hydrogens (tertiary/aromatic N) is 2. The molecule has 7 heteroatoms. The summed E-state index contributed by atoms with van der Waals surface area (Å²) in [5.74, 6) is -0.399. The highest BCUT2D eigenvalue weighted by Gasteiger charge is 2.30. The highest BCUT2D eigenvalue weighted by molar-refractivity contribution is 7.80. The Hall–Kier alpha value is -2.12. The molecular weight excluding hydrogens is 345 g/mol. The fourth-order valence-electron chi connectivity index (χ4n) is 2.32. The van der Waals surface area contributed by atoms with Gasteiger partial charge >= 0.3 is 0 Å². The summed E-state index contributed by atoms with van der Waals surface area (Å²) in [4.78, 5) is 18.4. The highest BCUT2D eigenvalue weighted by Crippen LogP contribution is 2.25. The molecule has 0 unspecified atom stereocenters. The molecule has 2 aromatic rings. The van der Waals surface area contributed by atoms with Crippen molar-refractivity contribution < 1.29 is 9.18 Å². The van der Waals surface area contributed by atoms with Crippen molar-refractivity contribution in [3.63, 3.8) is 0 Å². The van der Waals surface area contributed by atoms with Crippen LogP contribution in [0.25, 0.3) is 16.6 Å². The number of benzene rings is 1. The number of carbonyl (C=O) groups excluding carboxylic acids is 1. The molecule has 0 bridgehead atoms. The Kier molecular flexibility index (Phi) is 5.01. The lowest BCUT2D eigenvalue weighted by molar-refractivity contribution is -0.122. The van der Waals surface area contributed by atoms with E-state index in [4.69, 9.17) is 12.2 Å². The third-order valence-corrected chi connectivity index (χ3v) is 4.83. The normalized spacial score (nSPS) is 16.1. The zero-order valence-corrected chi connectivity index (χ0v) is 14.7. The molecule has 0 saturated carbocycles. The van der Waals surface area contributed by atoms with Crippen LogP contribution in [-0.2, 0) is 4.79 Å². The molecule has 0 aliphatic carbocycles. The number of thiocarbonyl (C=S) groups is 1. The minimum absolute atomic E-state index is 0.121. The summed E-state index contributed by atoms with van der Waals surface area (Å²) in [5.41, 5.74) is 1.96. The third kappa shape index (κ3) is 3.52. The molecule has 24 heavy (non-hydrogen) atoms. The largest absolute Gasteiger partial charge is 0.328 e. The summed E-state index contributed by atoms with van der Waals surface area (Å²) >= 11 is 6.66. The van der Waals surface area contributed by atoms with E-state index in [1.807, 2.05) is 5.38 Å².